The summed E-state index contributed by atoms with van der Waals surface area (Å²) in [5.74, 6) is -2.63. The summed E-state index contributed by atoms with van der Waals surface area (Å²) in [4.78, 5) is 38.5. The van der Waals surface area contributed by atoms with Gasteiger partial charge in [-0.3, -0.25) is 9.69 Å². The molecule has 32 heavy (non-hydrogen) atoms. The molecule has 0 radical (unpaired) electrons. The quantitative estimate of drug-likeness (QED) is 0.520. The highest BCUT2D eigenvalue weighted by molar-refractivity contribution is 6.02. The molecule has 0 saturated heterocycles. The zero-order valence-electron chi connectivity index (χ0n) is 17.3. The van der Waals surface area contributed by atoms with E-state index in [9.17, 15) is 23.9 Å². The lowest BCUT2D eigenvalue weighted by molar-refractivity contribution is -0.140. The first-order valence-corrected chi connectivity index (χ1v) is 9.82. The standard InChI is InChI=1S/C24H22FN3O4/c1-16-7-5-10-19(13-16)27-24(32)26-15-21(29)28(20-11-3-2-4-12-20)22(23(30)31)17-8-6-9-18(25)14-17/h2-14,22H,15H2,1H3,(H,30,31)(H2,26,27,32). The summed E-state index contributed by atoms with van der Waals surface area (Å²) in [6.45, 7) is 1.41. The van der Waals surface area contributed by atoms with Gasteiger partial charge in [0.15, 0.2) is 6.04 Å². The molecular formula is C24H22FN3O4. The summed E-state index contributed by atoms with van der Waals surface area (Å²) in [6, 6.07) is 18.3. The highest BCUT2D eigenvalue weighted by Gasteiger charge is 2.32. The topological polar surface area (TPSA) is 98.7 Å². The Kier molecular flexibility index (Phi) is 7.17. The van der Waals surface area contributed by atoms with E-state index < -0.39 is 36.3 Å². The van der Waals surface area contributed by atoms with E-state index in [0.717, 1.165) is 16.5 Å². The number of nitrogens with zero attached hydrogens (tertiary/aromatic N) is 1. The van der Waals surface area contributed by atoms with E-state index in [-0.39, 0.29) is 5.56 Å². The molecule has 8 heteroatoms. The number of carbonyl (C=O) groups is 3. The lowest BCUT2D eigenvalue weighted by Crippen LogP contribution is -2.45. The molecule has 3 amide bonds. The molecule has 7 nitrogen and oxygen atoms in total. The van der Waals surface area contributed by atoms with Crippen LogP contribution in [0.4, 0.5) is 20.6 Å². The fourth-order valence-electron chi connectivity index (χ4n) is 3.24. The number of halogens is 1. The molecule has 0 heterocycles. The van der Waals surface area contributed by atoms with Crippen molar-refractivity contribution in [2.45, 2.75) is 13.0 Å². The van der Waals surface area contributed by atoms with E-state index in [1.807, 2.05) is 13.0 Å². The van der Waals surface area contributed by atoms with Crippen LogP contribution in [0, 0.1) is 12.7 Å². The number of para-hydroxylation sites is 1. The van der Waals surface area contributed by atoms with Crippen LogP contribution in [-0.4, -0.2) is 29.6 Å². The summed E-state index contributed by atoms with van der Waals surface area (Å²) < 4.78 is 13.8. The van der Waals surface area contributed by atoms with Crippen LogP contribution in [0.1, 0.15) is 17.2 Å². The van der Waals surface area contributed by atoms with Crippen LogP contribution in [-0.2, 0) is 9.59 Å². The fourth-order valence-corrected chi connectivity index (χ4v) is 3.24. The minimum absolute atomic E-state index is 0.0962. The number of carboxylic acid groups (broad SMARTS) is 1. The predicted octanol–water partition coefficient (Wildman–Crippen LogP) is 4.11. The van der Waals surface area contributed by atoms with Crippen molar-refractivity contribution in [2.75, 3.05) is 16.8 Å². The normalized spacial score (nSPS) is 11.3. The van der Waals surface area contributed by atoms with E-state index in [1.165, 1.54) is 18.2 Å². The molecule has 3 N–H and O–H groups in total. The number of anilines is 2. The van der Waals surface area contributed by atoms with E-state index in [4.69, 9.17) is 0 Å². The molecule has 0 aliphatic heterocycles. The number of carboxylic acids is 1. The molecule has 3 aromatic carbocycles. The van der Waals surface area contributed by atoms with E-state index in [2.05, 4.69) is 10.6 Å². The van der Waals surface area contributed by atoms with Gasteiger partial charge < -0.3 is 15.7 Å². The van der Waals surface area contributed by atoms with Crippen LogP contribution >= 0.6 is 0 Å². The first-order chi connectivity index (χ1) is 15.3. The Morgan fingerprint density at radius 3 is 2.34 bits per heavy atom. The molecule has 3 rings (SSSR count). The van der Waals surface area contributed by atoms with Gasteiger partial charge in [-0.1, -0.05) is 42.5 Å². The summed E-state index contributed by atoms with van der Waals surface area (Å²) >= 11 is 0. The van der Waals surface area contributed by atoms with Gasteiger partial charge >= 0.3 is 12.0 Å². The van der Waals surface area contributed by atoms with E-state index in [0.29, 0.717) is 11.4 Å². The maximum absolute atomic E-state index is 13.8. The van der Waals surface area contributed by atoms with Gasteiger partial charge in [0.25, 0.3) is 0 Å². The Hall–Kier alpha value is -4.20. The number of aryl methyl sites for hydroxylation is 1. The fraction of sp³-hybridized carbons (Fsp3) is 0.125. The van der Waals surface area contributed by atoms with E-state index in [1.54, 1.807) is 48.5 Å². The van der Waals surface area contributed by atoms with Crippen molar-refractivity contribution in [1.29, 1.82) is 0 Å². The average molecular weight is 435 g/mol. The number of urea groups is 1. The first-order valence-electron chi connectivity index (χ1n) is 9.82. The number of hydrogen-bond acceptors (Lipinski definition) is 3. The van der Waals surface area contributed by atoms with Gasteiger partial charge in [-0.05, 0) is 54.4 Å². The molecule has 0 aromatic heterocycles. The van der Waals surface area contributed by atoms with Crippen molar-refractivity contribution in [3.05, 3.63) is 95.8 Å². The zero-order valence-corrected chi connectivity index (χ0v) is 17.3. The van der Waals surface area contributed by atoms with Gasteiger partial charge in [0, 0.05) is 11.4 Å². The minimum Gasteiger partial charge on any atom is -0.479 e. The Bertz CT molecular complexity index is 1120. The van der Waals surface area contributed by atoms with Crippen LogP contribution in [0.3, 0.4) is 0 Å². The van der Waals surface area contributed by atoms with Crippen LogP contribution in [0.25, 0.3) is 0 Å². The van der Waals surface area contributed by atoms with Crippen molar-refractivity contribution in [1.82, 2.24) is 5.32 Å². The van der Waals surface area contributed by atoms with Crippen LogP contribution in [0.2, 0.25) is 0 Å². The molecule has 0 aliphatic rings. The third-order valence-corrected chi connectivity index (χ3v) is 4.64. The van der Waals surface area contributed by atoms with Crippen molar-refractivity contribution >= 4 is 29.3 Å². The number of amides is 3. The van der Waals surface area contributed by atoms with Crippen LogP contribution in [0.15, 0.2) is 78.9 Å². The summed E-state index contributed by atoms with van der Waals surface area (Å²) in [7, 11) is 0. The number of carbonyl (C=O) groups excluding carboxylic acids is 2. The third-order valence-electron chi connectivity index (χ3n) is 4.64. The van der Waals surface area contributed by atoms with E-state index >= 15 is 0 Å². The highest BCUT2D eigenvalue weighted by Crippen LogP contribution is 2.28. The largest absolute Gasteiger partial charge is 0.479 e. The summed E-state index contributed by atoms with van der Waals surface area (Å²) in [5, 5.41) is 15.0. The second-order valence-corrected chi connectivity index (χ2v) is 7.07. The molecule has 0 spiro atoms. The van der Waals surface area contributed by atoms with Gasteiger partial charge in [0.05, 0.1) is 6.54 Å². The van der Waals surface area contributed by atoms with Gasteiger partial charge in [-0.25, -0.2) is 14.0 Å². The third kappa shape index (κ3) is 5.69. The number of nitrogens with one attached hydrogen (secondary N) is 2. The minimum atomic E-state index is -1.48. The maximum atomic E-state index is 13.8. The van der Waals surface area contributed by atoms with Gasteiger partial charge in [-0.15, -0.1) is 0 Å². The summed E-state index contributed by atoms with van der Waals surface area (Å²) in [5.41, 5.74) is 1.90. The molecular weight excluding hydrogens is 413 g/mol. The second-order valence-electron chi connectivity index (χ2n) is 7.07. The molecule has 164 valence electrons. The van der Waals surface area contributed by atoms with Gasteiger partial charge in [-0.2, -0.15) is 0 Å². The molecule has 0 aliphatic carbocycles. The van der Waals surface area contributed by atoms with Crippen molar-refractivity contribution in [3.8, 4) is 0 Å². The number of aliphatic carboxylic acids is 1. The smallest absolute Gasteiger partial charge is 0.331 e. The number of hydrogen-bond donors (Lipinski definition) is 3. The Morgan fingerprint density at radius 1 is 0.969 bits per heavy atom. The summed E-state index contributed by atoms with van der Waals surface area (Å²) in [6.07, 6.45) is 0. The lowest BCUT2D eigenvalue weighted by Gasteiger charge is -2.29. The zero-order chi connectivity index (χ0) is 23.1. The molecule has 0 fully saturated rings. The van der Waals surface area contributed by atoms with Crippen LogP contribution < -0.4 is 15.5 Å². The number of rotatable bonds is 7. The lowest BCUT2D eigenvalue weighted by atomic mass is 10.0. The second kappa shape index (κ2) is 10.2. The highest BCUT2D eigenvalue weighted by atomic mass is 19.1. The molecule has 0 bridgehead atoms. The Morgan fingerprint density at radius 2 is 1.69 bits per heavy atom. The van der Waals surface area contributed by atoms with Crippen LogP contribution in [0.5, 0.6) is 0 Å². The predicted molar refractivity (Wildman–Crippen MR) is 119 cm³/mol. The van der Waals surface area contributed by atoms with Gasteiger partial charge in [0.2, 0.25) is 5.91 Å². The Balaban J connectivity index is 1.83. The monoisotopic (exact) mass is 435 g/mol. The first kappa shape index (κ1) is 22.5. The Labute approximate surface area is 184 Å². The average Bonchev–Trinajstić information content (AvgIpc) is 2.76. The van der Waals surface area contributed by atoms with Crippen molar-refractivity contribution in [2.24, 2.45) is 0 Å². The maximum Gasteiger partial charge on any atom is 0.331 e. The van der Waals surface area contributed by atoms with Gasteiger partial charge in [0.1, 0.15) is 5.82 Å². The number of benzene rings is 3. The molecule has 3 aromatic rings. The molecule has 1 unspecified atom stereocenters. The SMILES string of the molecule is Cc1cccc(NC(=O)NCC(=O)N(c2ccccc2)C(C(=O)O)c2cccc(F)c2)c1. The van der Waals surface area contributed by atoms with Crippen molar-refractivity contribution < 1.29 is 23.9 Å². The molecule has 1 atom stereocenters. The molecule has 0 saturated carbocycles. The van der Waals surface area contributed by atoms with Crippen molar-refractivity contribution in [3.63, 3.8) is 0 Å².